The fraction of sp³-hybridized carbons (Fsp3) is 0.667. The van der Waals surface area contributed by atoms with Gasteiger partial charge in [-0.1, -0.05) is 46.5 Å². The molecule has 0 heterocycles. The van der Waals surface area contributed by atoms with Crippen molar-refractivity contribution in [2.24, 2.45) is 0 Å². The van der Waals surface area contributed by atoms with Crippen LogP contribution in [-0.4, -0.2) is 32.1 Å². The molecular formula is C18H27BrO4S. The van der Waals surface area contributed by atoms with E-state index in [2.05, 4.69) is 22.9 Å². The molecule has 0 unspecified atom stereocenters. The molecular weight excluding hydrogens is 392 g/mol. The Hall–Kier alpha value is -0.430. The molecule has 2 rings (SSSR count). The van der Waals surface area contributed by atoms with Crippen LogP contribution >= 0.6 is 15.9 Å². The van der Waals surface area contributed by atoms with E-state index in [4.69, 9.17) is 8.92 Å². The van der Waals surface area contributed by atoms with E-state index in [0.717, 1.165) is 24.8 Å². The molecule has 0 bridgehead atoms. The zero-order chi connectivity index (χ0) is 17.6. The minimum Gasteiger partial charge on any atom is -0.374 e. The minimum atomic E-state index is -3.65. The summed E-state index contributed by atoms with van der Waals surface area (Å²) >= 11 is 3.72. The number of ether oxygens (including phenoxy) is 1. The monoisotopic (exact) mass is 418 g/mol. The standard InChI is InChI=1S/C18H27BrO4S/c1-15-8-10-16(11-9-15)24(20,21)23-14-6-5-13-22-18(2)12-4-3-7-17(18)19/h8-11,17H,3-7,12-14H2,1-2H3/t17-,18-/m1/s1. The highest BCUT2D eigenvalue weighted by molar-refractivity contribution is 9.09. The lowest BCUT2D eigenvalue weighted by atomic mass is 9.86. The molecule has 0 N–H and O–H groups in total. The molecule has 136 valence electrons. The molecule has 6 heteroatoms. The molecule has 24 heavy (non-hydrogen) atoms. The third kappa shape index (κ3) is 5.55. The molecule has 4 nitrogen and oxygen atoms in total. The number of halogens is 1. The van der Waals surface area contributed by atoms with Crippen molar-refractivity contribution < 1.29 is 17.3 Å². The second-order valence-corrected chi connectivity index (χ2v) is 9.39. The lowest BCUT2D eigenvalue weighted by Crippen LogP contribution is -2.41. The van der Waals surface area contributed by atoms with Crippen molar-refractivity contribution in [1.82, 2.24) is 0 Å². The fourth-order valence-corrected chi connectivity index (χ4v) is 4.50. The number of aryl methyl sites for hydroxylation is 1. The highest BCUT2D eigenvalue weighted by Gasteiger charge is 2.35. The molecule has 0 aromatic heterocycles. The number of rotatable bonds is 8. The van der Waals surface area contributed by atoms with Crippen LogP contribution in [0.15, 0.2) is 29.2 Å². The fourth-order valence-electron chi connectivity index (χ4n) is 2.88. The van der Waals surface area contributed by atoms with E-state index in [1.165, 1.54) is 12.8 Å². The van der Waals surface area contributed by atoms with Crippen molar-refractivity contribution >= 4 is 26.0 Å². The first kappa shape index (κ1) is 19.9. The Bertz CT molecular complexity index is 614. The van der Waals surface area contributed by atoms with Crippen LogP contribution in [0, 0.1) is 6.92 Å². The van der Waals surface area contributed by atoms with Crippen LogP contribution in [0.2, 0.25) is 0 Å². The molecule has 0 spiro atoms. The summed E-state index contributed by atoms with van der Waals surface area (Å²) in [6, 6.07) is 6.69. The first-order chi connectivity index (χ1) is 11.3. The van der Waals surface area contributed by atoms with Crippen molar-refractivity contribution in [3.05, 3.63) is 29.8 Å². The average molecular weight is 419 g/mol. The zero-order valence-corrected chi connectivity index (χ0v) is 16.9. The molecule has 1 aromatic carbocycles. The van der Waals surface area contributed by atoms with Crippen molar-refractivity contribution in [3.63, 3.8) is 0 Å². The Labute approximate surface area is 154 Å². The maximum absolute atomic E-state index is 12.1. The van der Waals surface area contributed by atoms with E-state index >= 15 is 0 Å². The Morgan fingerprint density at radius 3 is 2.50 bits per heavy atom. The summed E-state index contributed by atoms with van der Waals surface area (Å²) < 4.78 is 35.3. The van der Waals surface area contributed by atoms with Crippen LogP contribution in [0.25, 0.3) is 0 Å². The molecule has 1 saturated carbocycles. The van der Waals surface area contributed by atoms with Crippen LogP contribution < -0.4 is 0 Å². The summed E-state index contributed by atoms with van der Waals surface area (Å²) in [5.41, 5.74) is 0.917. The van der Waals surface area contributed by atoms with E-state index in [1.807, 2.05) is 6.92 Å². The zero-order valence-electron chi connectivity index (χ0n) is 14.5. The van der Waals surface area contributed by atoms with Gasteiger partial charge >= 0.3 is 0 Å². The van der Waals surface area contributed by atoms with Crippen molar-refractivity contribution in [2.45, 2.75) is 67.7 Å². The predicted molar refractivity (Wildman–Crippen MR) is 99.1 cm³/mol. The topological polar surface area (TPSA) is 52.6 Å². The Morgan fingerprint density at radius 1 is 1.17 bits per heavy atom. The lowest BCUT2D eigenvalue weighted by molar-refractivity contribution is -0.0514. The van der Waals surface area contributed by atoms with Crippen molar-refractivity contribution in [2.75, 3.05) is 13.2 Å². The van der Waals surface area contributed by atoms with Gasteiger partial charge in [-0.25, -0.2) is 0 Å². The van der Waals surface area contributed by atoms with Gasteiger partial charge in [0.1, 0.15) is 0 Å². The van der Waals surface area contributed by atoms with Crippen LogP contribution in [-0.2, 0) is 19.0 Å². The van der Waals surface area contributed by atoms with E-state index < -0.39 is 10.1 Å². The highest BCUT2D eigenvalue weighted by Crippen LogP contribution is 2.36. The summed E-state index contributed by atoms with van der Waals surface area (Å²) in [6.07, 6.45) is 6.12. The van der Waals surface area contributed by atoms with Gasteiger partial charge in [-0.05, 0) is 51.7 Å². The van der Waals surface area contributed by atoms with Crippen LogP contribution in [0.1, 0.15) is 51.0 Å². The summed E-state index contributed by atoms with van der Waals surface area (Å²) in [5.74, 6) is 0. The van der Waals surface area contributed by atoms with E-state index in [-0.39, 0.29) is 17.1 Å². The Kier molecular flexibility index (Phi) is 7.28. The molecule has 1 aromatic rings. The molecule has 1 fully saturated rings. The van der Waals surface area contributed by atoms with Gasteiger partial charge in [0, 0.05) is 11.4 Å². The number of alkyl halides is 1. The number of unbranched alkanes of at least 4 members (excludes halogenated alkanes) is 1. The number of hydrogen-bond acceptors (Lipinski definition) is 4. The van der Waals surface area contributed by atoms with Gasteiger partial charge in [-0.15, -0.1) is 0 Å². The van der Waals surface area contributed by atoms with Crippen LogP contribution in [0.3, 0.4) is 0 Å². The SMILES string of the molecule is Cc1ccc(S(=O)(=O)OCCCCO[C@]2(C)CCCC[C@H]2Br)cc1. The second kappa shape index (κ2) is 8.79. The molecule has 0 radical (unpaired) electrons. The van der Waals surface area contributed by atoms with Gasteiger partial charge < -0.3 is 4.74 Å². The normalized spacial score (nSPS) is 24.9. The van der Waals surface area contributed by atoms with Gasteiger partial charge in [0.25, 0.3) is 10.1 Å². The Balaban J connectivity index is 1.68. The minimum absolute atomic E-state index is 0.104. The molecule has 0 aliphatic heterocycles. The van der Waals surface area contributed by atoms with Gasteiger partial charge in [-0.3, -0.25) is 4.18 Å². The van der Waals surface area contributed by atoms with Crippen molar-refractivity contribution in [3.8, 4) is 0 Å². The van der Waals surface area contributed by atoms with Crippen molar-refractivity contribution in [1.29, 1.82) is 0 Å². The lowest BCUT2D eigenvalue weighted by Gasteiger charge is -2.38. The third-order valence-electron chi connectivity index (χ3n) is 4.56. The van der Waals surface area contributed by atoms with Gasteiger partial charge in [0.15, 0.2) is 0 Å². The number of benzene rings is 1. The molecule has 1 aliphatic rings. The summed E-state index contributed by atoms with van der Waals surface area (Å²) in [6.45, 7) is 4.89. The smallest absolute Gasteiger partial charge is 0.296 e. The third-order valence-corrected chi connectivity index (χ3v) is 7.31. The molecule has 1 aliphatic carbocycles. The predicted octanol–water partition coefficient (Wildman–Crippen LogP) is 4.59. The summed E-state index contributed by atoms with van der Waals surface area (Å²) in [4.78, 5) is 0.609. The van der Waals surface area contributed by atoms with Crippen LogP contribution in [0.4, 0.5) is 0 Å². The molecule has 0 amide bonds. The maximum Gasteiger partial charge on any atom is 0.296 e. The first-order valence-electron chi connectivity index (χ1n) is 8.58. The summed E-state index contributed by atoms with van der Waals surface area (Å²) in [5, 5.41) is 0. The van der Waals surface area contributed by atoms with E-state index in [0.29, 0.717) is 17.9 Å². The first-order valence-corrected chi connectivity index (χ1v) is 10.9. The number of hydrogen-bond donors (Lipinski definition) is 0. The Morgan fingerprint density at radius 2 is 1.83 bits per heavy atom. The van der Waals surface area contributed by atoms with Gasteiger partial charge in [0.05, 0.1) is 17.1 Å². The maximum atomic E-state index is 12.1. The highest BCUT2D eigenvalue weighted by atomic mass is 79.9. The van der Waals surface area contributed by atoms with Crippen LogP contribution in [0.5, 0.6) is 0 Å². The quantitative estimate of drug-likeness (QED) is 0.351. The van der Waals surface area contributed by atoms with Gasteiger partial charge in [0.2, 0.25) is 0 Å². The van der Waals surface area contributed by atoms with E-state index in [1.54, 1.807) is 24.3 Å². The average Bonchev–Trinajstić information content (AvgIpc) is 2.54. The molecule has 2 atom stereocenters. The largest absolute Gasteiger partial charge is 0.374 e. The van der Waals surface area contributed by atoms with E-state index in [9.17, 15) is 8.42 Å². The summed E-state index contributed by atoms with van der Waals surface area (Å²) in [7, 11) is -3.65. The van der Waals surface area contributed by atoms with Gasteiger partial charge in [-0.2, -0.15) is 8.42 Å². The molecule has 0 saturated heterocycles. The second-order valence-electron chi connectivity index (χ2n) is 6.67.